The fraction of sp³-hybridized carbons (Fsp3) is 0.447. The fourth-order valence-electron chi connectivity index (χ4n) is 5.90. The van der Waals surface area contributed by atoms with Crippen LogP contribution < -0.4 is 10.0 Å². The molecule has 0 bridgehead atoms. The number of nitrogens with one attached hydrogen (secondary N) is 2. The molecule has 0 aliphatic heterocycles. The SMILES string of the molecule is CCCCN(CCCC)CCc1cc2cc(C(=O)O)ccc2n1CCC(C)(C)NC[C@H](O)c1cccc(NS(=O)(=O)c2ccccc2)c1. The number of carbonyl (C=O) groups is 1. The summed E-state index contributed by atoms with van der Waals surface area (Å²) < 4.78 is 30.5. The van der Waals surface area contributed by atoms with Gasteiger partial charge in [0, 0.05) is 53.9 Å². The molecule has 0 saturated carbocycles. The number of benzene rings is 3. The summed E-state index contributed by atoms with van der Waals surface area (Å²) in [7, 11) is -3.75. The van der Waals surface area contributed by atoms with Crippen molar-refractivity contribution in [1.29, 1.82) is 0 Å². The van der Waals surface area contributed by atoms with Crippen LogP contribution in [0.4, 0.5) is 5.69 Å². The zero-order chi connectivity index (χ0) is 34.7. The molecule has 1 aromatic heterocycles. The van der Waals surface area contributed by atoms with Gasteiger partial charge in [-0.15, -0.1) is 0 Å². The number of aliphatic hydroxyl groups excluding tert-OH is 1. The van der Waals surface area contributed by atoms with Gasteiger partial charge in [0.1, 0.15) is 0 Å². The van der Waals surface area contributed by atoms with E-state index in [-0.39, 0.29) is 22.5 Å². The molecule has 0 aliphatic carbocycles. The van der Waals surface area contributed by atoms with Gasteiger partial charge in [-0.05, 0) is 100 Å². The van der Waals surface area contributed by atoms with Crippen molar-refractivity contribution in [3.8, 4) is 0 Å². The highest BCUT2D eigenvalue weighted by molar-refractivity contribution is 7.92. The van der Waals surface area contributed by atoms with E-state index in [1.165, 1.54) is 30.7 Å². The maximum Gasteiger partial charge on any atom is 0.335 e. The first-order valence-corrected chi connectivity index (χ1v) is 18.6. The third-order valence-corrected chi connectivity index (χ3v) is 10.3. The van der Waals surface area contributed by atoms with E-state index in [2.05, 4.69) is 53.3 Å². The van der Waals surface area contributed by atoms with E-state index in [0.29, 0.717) is 11.3 Å². The summed E-state index contributed by atoms with van der Waals surface area (Å²) in [6.07, 6.45) is 5.47. The first kappa shape index (κ1) is 37.1. The van der Waals surface area contributed by atoms with Crippen LogP contribution in [0.5, 0.6) is 0 Å². The summed E-state index contributed by atoms with van der Waals surface area (Å²) in [5, 5.41) is 25.1. The predicted octanol–water partition coefficient (Wildman–Crippen LogP) is 7.08. The van der Waals surface area contributed by atoms with E-state index >= 15 is 0 Å². The summed E-state index contributed by atoms with van der Waals surface area (Å²) in [6.45, 7) is 12.8. The number of fused-ring (bicyclic) bond motifs is 1. The van der Waals surface area contributed by atoms with E-state index in [9.17, 15) is 23.4 Å². The van der Waals surface area contributed by atoms with E-state index in [0.717, 1.165) is 62.8 Å². The number of carboxylic acids is 1. The lowest BCUT2D eigenvalue weighted by atomic mass is 9.99. The predicted molar refractivity (Wildman–Crippen MR) is 194 cm³/mol. The zero-order valence-corrected chi connectivity index (χ0v) is 29.6. The van der Waals surface area contributed by atoms with Gasteiger partial charge >= 0.3 is 5.97 Å². The topological polar surface area (TPSA) is 124 Å². The quantitative estimate of drug-likeness (QED) is 0.0789. The molecule has 10 heteroatoms. The Hall–Kier alpha value is -3.70. The Morgan fingerprint density at radius 3 is 2.29 bits per heavy atom. The van der Waals surface area contributed by atoms with Gasteiger partial charge in [-0.25, -0.2) is 13.2 Å². The number of anilines is 1. The second-order valence-corrected chi connectivity index (χ2v) is 14.9. The molecule has 1 heterocycles. The number of carboxylic acid groups (broad SMARTS) is 1. The molecule has 260 valence electrons. The smallest absolute Gasteiger partial charge is 0.335 e. The number of hydrogen-bond donors (Lipinski definition) is 4. The first-order valence-electron chi connectivity index (χ1n) is 17.1. The minimum atomic E-state index is -3.75. The lowest BCUT2D eigenvalue weighted by Gasteiger charge is -2.29. The fourth-order valence-corrected chi connectivity index (χ4v) is 6.97. The molecule has 0 unspecified atom stereocenters. The van der Waals surface area contributed by atoms with Crippen molar-refractivity contribution in [2.75, 3.05) is 30.9 Å². The molecule has 9 nitrogen and oxygen atoms in total. The third kappa shape index (κ3) is 10.4. The number of sulfonamides is 1. The molecule has 4 rings (SSSR count). The Morgan fingerprint density at radius 2 is 1.62 bits per heavy atom. The molecule has 4 aromatic rings. The highest BCUT2D eigenvalue weighted by Gasteiger charge is 2.22. The summed E-state index contributed by atoms with van der Waals surface area (Å²) in [5.41, 5.74) is 3.15. The van der Waals surface area contributed by atoms with Crippen LogP contribution in [0.2, 0.25) is 0 Å². The highest BCUT2D eigenvalue weighted by Crippen LogP contribution is 2.26. The molecular weight excluding hydrogens is 625 g/mol. The number of hydrogen-bond acceptors (Lipinski definition) is 6. The van der Waals surface area contributed by atoms with Gasteiger partial charge in [0.05, 0.1) is 16.6 Å². The van der Waals surface area contributed by atoms with Gasteiger partial charge < -0.3 is 25.0 Å². The molecule has 0 spiro atoms. The van der Waals surface area contributed by atoms with Crippen molar-refractivity contribution in [1.82, 2.24) is 14.8 Å². The monoisotopic (exact) mass is 676 g/mol. The number of aryl methyl sites for hydroxylation is 1. The third-order valence-electron chi connectivity index (χ3n) is 8.89. The van der Waals surface area contributed by atoms with Crippen LogP contribution in [-0.2, 0) is 23.0 Å². The molecule has 3 aromatic carbocycles. The van der Waals surface area contributed by atoms with Crippen LogP contribution in [0.3, 0.4) is 0 Å². The Morgan fingerprint density at radius 1 is 0.917 bits per heavy atom. The minimum Gasteiger partial charge on any atom is -0.478 e. The Bertz CT molecular complexity index is 1730. The van der Waals surface area contributed by atoms with Crippen molar-refractivity contribution < 1.29 is 23.4 Å². The molecule has 4 N–H and O–H groups in total. The van der Waals surface area contributed by atoms with Gasteiger partial charge in [0.2, 0.25) is 0 Å². The van der Waals surface area contributed by atoms with Gasteiger partial charge in [0.15, 0.2) is 0 Å². The normalized spacial score (nSPS) is 12.9. The molecule has 0 aliphatic rings. The van der Waals surface area contributed by atoms with E-state index in [1.807, 2.05) is 6.07 Å². The summed E-state index contributed by atoms with van der Waals surface area (Å²) in [6, 6.07) is 22.5. The maximum absolute atomic E-state index is 12.8. The molecular formula is C38H52N4O5S. The molecule has 1 atom stereocenters. The standard InChI is InChI=1S/C38H52N4O5S/c1-5-7-21-41(22-8-6-2)23-19-33-27-31-25-30(37(44)45)17-18-35(31)42(33)24-20-38(3,4)39-28-36(43)29-13-12-14-32(26-29)40-48(46,47)34-15-10-9-11-16-34/h9-18,25-27,36,39-40,43H,5-8,19-24,28H2,1-4H3,(H,44,45)/t36-/m0/s1. The minimum absolute atomic E-state index is 0.172. The van der Waals surface area contributed by atoms with Gasteiger partial charge in [0.25, 0.3) is 10.0 Å². The second-order valence-electron chi connectivity index (χ2n) is 13.2. The van der Waals surface area contributed by atoms with E-state index in [1.54, 1.807) is 54.6 Å². The van der Waals surface area contributed by atoms with Crippen molar-refractivity contribution in [3.63, 3.8) is 0 Å². The molecule has 0 saturated heterocycles. The van der Waals surface area contributed by atoms with Gasteiger partial charge in [-0.1, -0.05) is 57.0 Å². The Labute approximate surface area is 286 Å². The summed E-state index contributed by atoms with van der Waals surface area (Å²) in [5.74, 6) is -0.931. The molecule has 0 fully saturated rings. The lowest BCUT2D eigenvalue weighted by Crippen LogP contribution is -2.42. The average Bonchev–Trinajstić information content (AvgIpc) is 3.43. The Balaban J connectivity index is 1.43. The zero-order valence-electron chi connectivity index (χ0n) is 28.8. The van der Waals surface area contributed by atoms with Crippen molar-refractivity contribution in [2.24, 2.45) is 0 Å². The molecule has 48 heavy (non-hydrogen) atoms. The van der Waals surface area contributed by atoms with E-state index < -0.39 is 22.1 Å². The van der Waals surface area contributed by atoms with Crippen LogP contribution in [0.1, 0.15) is 87.5 Å². The lowest BCUT2D eigenvalue weighted by molar-refractivity contribution is 0.0697. The molecule has 0 amide bonds. The number of rotatable bonds is 20. The number of β-amino-alcohol motifs (C(OH)–C–C–N with tert-alkyl or cyclic N) is 1. The summed E-state index contributed by atoms with van der Waals surface area (Å²) in [4.78, 5) is 14.4. The number of nitrogens with zero attached hydrogens (tertiary/aromatic N) is 2. The maximum atomic E-state index is 12.8. The van der Waals surface area contributed by atoms with Crippen molar-refractivity contribution in [2.45, 2.75) is 89.3 Å². The van der Waals surface area contributed by atoms with Crippen LogP contribution >= 0.6 is 0 Å². The summed E-state index contributed by atoms with van der Waals surface area (Å²) >= 11 is 0. The number of unbranched alkanes of at least 4 members (excludes halogenated alkanes) is 2. The van der Waals surface area contributed by atoms with E-state index in [4.69, 9.17) is 0 Å². The van der Waals surface area contributed by atoms with Crippen molar-refractivity contribution in [3.05, 3.63) is 95.7 Å². The second kappa shape index (κ2) is 17.1. The van der Waals surface area contributed by atoms with Crippen LogP contribution in [0, 0.1) is 0 Å². The number of aliphatic hydroxyl groups is 1. The Kier molecular flexibility index (Phi) is 13.2. The van der Waals surface area contributed by atoms with Crippen LogP contribution in [-0.4, -0.2) is 65.8 Å². The number of aromatic carboxylic acids is 1. The average molecular weight is 677 g/mol. The van der Waals surface area contributed by atoms with Crippen molar-refractivity contribution >= 4 is 32.6 Å². The highest BCUT2D eigenvalue weighted by atomic mass is 32.2. The van der Waals surface area contributed by atoms with Gasteiger partial charge in [-0.3, -0.25) is 4.72 Å². The largest absolute Gasteiger partial charge is 0.478 e. The number of aromatic nitrogens is 1. The van der Waals surface area contributed by atoms with Gasteiger partial charge in [-0.2, -0.15) is 0 Å². The van der Waals surface area contributed by atoms with Crippen LogP contribution in [0.25, 0.3) is 10.9 Å². The van der Waals surface area contributed by atoms with Crippen LogP contribution in [0.15, 0.2) is 83.8 Å². The molecule has 0 radical (unpaired) electrons. The first-order chi connectivity index (χ1) is 22.9.